The lowest BCUT2D eigenvalue weighted by atomic mass is 10.1. The van der Waals surface area contributed by atoms with Crippen molar-refractivity contribution in [1.29, 1.82) is 5.26 Å². The van der Waals surface area contributed by atoms with Gasteiger partial charge in [-0.1, -0.05) is 29.4 Å². The summed E-state index contributed by atoms with van der Waals surface area (Å²) in [5.41, 5.74) is 2.72. The number of nitrogens with zero attached hydrogens (tertiary/aromatic N) is 4. The van der Waals surface area contributed by atoms with Crippen LogP contribution in [0, 0.1) is 17.1 Å². The minimum Gasteiger partial charge on any atom is -0.338 e. The molecular formula is C21H19FN4O. The smallest absolute Gasteiger partial charge is 0.244 e. The molecule has 1 aromatic heterocycles. The minimum absolute atomic E-state index is 0.0882. The molecule has 136 valence electrons. The van der Waals surface area contributed by atoms with Gasteiger partial charge >= 0.3 is 0 Å². The minimum atomic E-state index is -0.255. The SMILES string of the molecule is N#Cc1cccc(CN2CCC[C@@H]2c2nc(Cc3ccc(F)cc3)no2)c1. The first-order valence-corrected chi connectivity index (χ1v) is 9.01. The van der Waals surface area contributed by atoms with E-state index in [0.29, 0.717) is 23.7 Å². The summed E-state index contributed by atoms with van der Waals surface area (Å²) in [6.07, 6.45) is 2.55. The predicted molar refractivity (Wildman–Crippen MR) is 97.0 cm³/mol. The second kappa shape index (κ2) is 7.68. The summed E-state index contributed by atoms with van der Waals surface area (Å²) < 4.78 is 18.6. The maximum absolute atomic E-state index is 13.0. The van der Waals surface area contributed by atoms with Crippen LogP contribution in [0.1, 0.15) is 47.3 Å². The molecule has 0 radical (unpaired) electrons. The quantitative estimate of drug-likeness (QED) is 0.686. The van der Waals surface area contributed by atoms with Gasteiger partial charge in [0.2, 0.25) is 5.89 Å². The molecule has 5 nitrogen and oxygen atoms in total. The lowest BCUT2D eigenvalue weighted by molar-refractivity contribution is 0.201. The van der Waals surface area contributed by atoms with Gasteiger partial charge in [0.05, 0.1) is 17.7 Å². The number of halogens is 1. The zero-order chi connectivity index (χ0) is 18.6. The maximum atomic E-state index is 13.0. The van der Waals surface area contributed by atoms with Gasteiger partial charge in [-0.3, -0.25) is 4.90 Å². The topological polar surface area (TPSA) is 66.0 Å². The van der Waals surface area contributed by atoms with Crippen LogP contribution in [0.3, 0.4) is 0 Å². The molecule has 1 fully saturated rings. The summed E-state index contributed by atoms with van der Waals surface area (Å²) in [6.45, 7) is 1.70. The van der Waals surface area contributed by atoms with Crippen molar-refractivity contribution in [2.24, 2.45) is 0 Å². The van der Waals surface area contributed by atoms with Crippen LogP contribution in [0.5, 0.6) is 0 Å². The summed E-state index contributed by atoms with van der Waals surface area (Å²) >= 11 is 0. The number of aromatic nitrogens is 2. The van der Waals surface area contributed by atoms with E-state index < -0.39 is 0 Å². The van der Waals surface area contributed by atoms with Crippen LogP contribution in [0.25, 0.3) is 0 Å². The second-order valence-electron chi connectivity index (χ2n) is 6.79. The lowest BCUT2D eigenvalue weighted by Gasteiger charge is -2.21. The molecule has 1 aliphatic heterocycles. The Balaban J connectivity index is 1.46. The lowest BCUT2D eigenvalue weighted by Crippen LogP contribution is -2.23. The van der Waals surface area contributed by atoms with Gasteiger partial charge in [0.1, 0.15) is 5.82 Å². The summed E-state index contributed by atoms with van der Waals surface area (Å²) in [5, 5.41) is 13.2. The fourth-order valence-corrected chi connectivity index (χ4v) is 3.53. The number of rotatable bonds is 5. The summed E-state index contributed by atoms with van der Waals surface area (Å²) in [4.78, 5) is 6.88. The highest BCUT2D eigenvalue weighted by Gasteiger charge is 2.30. The van der Waals surface area contributed by atoms with E-state index in [2.05, 4.69) is 21.1 Å². The highest BCUT2D eigenvalue weighted by Crippen LogP contribution is 2.32. The van der Waals surface area contributed by atoms with Gasteiger partial charge in [-0.2, -0.15) is 10.2 Å². The van der Waals surface area contributed by atoms with Crippen molar-refractivity contribution in [2.45, 2.75) is 31.8 Å². The van der Waals surface area contributed by atoms with E-state index in [0.717, 1.165) is 37.1 Å². The Hall–Kier alpha value is -3.04. The average molecular weight is 362 g/mol. The van der Waals surface area contributed by atoms with Crippen LogP contribution < -0.4 is 0 Å². The summed E-state index contributed by atoms with van der Waals surface area (Å²) in [5.74, 6) is 0.977. The Labute approximate surface area is 157 Å². The molecule has 0 N–H and O–H groups in total. The van der Waals surface area contributed by atoms with E-state index in [1.54, 1.807) is 12.1 Å². The van der Waals surface area contributed by atoms with Crippen LogP contribution in [-0.2, 0) is 13.0 Å². The molecule has 2 heterocycles. The zero-order valence-corrected chi connectivity index (χ0v) is 14.8. The molecule has 0 aliphatic carbocycles. The van der Waals surface area contributed by atoms with Crippen LogP contribution in [0.15, 0.2) is 53.1 Å². The van der Waals surface area contributed by atoms with Gasteiger partial charge in [0.15, 0.2) is 5.82 Å². The van der Waals surface area contributed by atoms with Crippen LogP contribution in [0.2, 0.25) is 0 Å². The van der Waals surface area contributed by atoms with Gasteiger partial charge in [0.25, 0.3) is 0 Å². The van der Waals surface area contributed by atoms with Gasteiger partial charge in [-0.15, -0.1) is 0 Å². The normalized spacial score (nSPS) is 17.1. The second-order valence-corrected chi connectivity index (χ2v) is 6.79. The first-order chi connectivity index (χ1) is 13.2. The number of nitriles is 1. The molecule has 0 bridgehead atoms. The van der Waals surface area contributed by atoms with Gasteiger partial charge in [-0.05, 0) is 54.8 Å². The van der Waals surface area contributed by atoms with Gasteiger partial charge in [0, 0.05) is 13.0 Å². The van der Waals surface area contributed by atoms with E-state index >= 15 is 0 Å². The third-order valence-electron chi connectivity index (χ3n) is 4.85. The molecular weight excluding hydrogens is 343 g/mol. The molecule has 1 aliphatic rings. The van der Waals surface area contributed by atoms with Crippen LogP contribution in [-0.4, -0.2) is 21.6 Å². The van der Waals surface area contributed by atoms with Crippen molar-refractivity contribution in [3.8, 4) is 6.07 Å². The van der Waals surface area contributed by atoms with Crippen LogP contribution >= 0.6 is 0 Å². The summed E-state index contributed by atoms with van der Waals surface area (Å²) in [6, 6.07) is 16.3. The Morgan fingerprint density at radius 1 is 1.19 bits per heavy atom. The molecule has 1 atom stereocenters. The maximum Gasteiger partial charge on any atom is 0.244 e. The highest BCUT2D eigenvalue weighted by molar-refractivity contribution is 5.32. The average Bonchev–Trinajstić information content (AvgIpc) is 3.33. The Bertz CT molecular complexity index is 961. The first kappa shape index (κ1) is 17.4. The molecule has 3 aromatic rings. The van der Waals surface area contributed by atoms with Crippen molar-refractivity contribution in [3.63, 3.8) is 0 Å². The van der Waals surface area contributed by atoms with E-state index in [-0.39, 0.29) is 11.9 Å². The molecule has 2 aromatic carbocycles. The van der Waals surface area contributed by atoms with E-state index in [1.165, 1.54) is 12.1 Å². The van der Waals surface area contributed by atoms with E-state index in [9.17, 15) is 4.39 Å². The third-order valence-corrected chi connectivity index (χ3v) is 4.85. The number of likely N-dealkylation sites (tertiary alicyclic amines) is 1. The molecule has 6 heteroatoms. The molecule has 4 rings (SSSR count). The molecule has 1 saturated heterocycles. The van der Waals surface area contributed by atoms with Gasteiger partial charge in [-0.25, -0.2) is 4.39 Å². The van der Waals surface area contributed by atoms with Crippen molar-refractivity contribution in [2.75, 3.05) is 6.54 Å². The number of benzene rings is 2. The van der Waals surface area contributed by atoms with Crippen molar-refractivity contribution in [1.82, 2.24) is 15.0 Å². The molecule has 0 spiro atoms. The van der Waals surface area contributed by atoms with Gasteiger partial charge < -0.3 is 4.52 Å². The first-order valence-electron chi connectivity index (χ1n) is 9.01. The Kier molecular flexibility index (Phi) is 4.95. The monoisotopic (exact) mass is 362 g/mol. The molecule has 27 heavy (non-hydrogen) atoms. The fraction of sp³-hybridized carbons (Fsp3) is 0.286. The predicted octanol–water partition coefficient (Wildman–Crippen LogP) is 4.01. The molecule has 0 amide bonds. The van der Waals surface area contributed by atoms with Crippen molar-refractivity contribution >= 4 is 0 Å². The van der Waals surface area contributed by atoms with E-state index in [4.69, 9.17) is 9.78 Å². The number of hydrogen-bond donors (Lipinski definition) is 0. The fourth-order valence-electron chi connectivity index (χ4n) is 3.53. The zero-order valence-electron chi connectivity index (χ0n) is 14.8. The van der Waals surface area contributed by atoms with Crippen LogP contribution in [0.4, 0.5) is 4.39 Å². The molecule has 0 unspecified atom stereocenters. The summed E-state index contributed by atoms with van der Waals surface area (Å²) in [7, 11) is 0. The highest BCUT2D eigenvalue weighted by atomic mass is 19.1. The number of hydrogen-bond acceptors (Lipinski definition) is 5. The molecule has 0 saturated carbocycles. The Morgan fingerprint density at radius 2 is 2.04 bits per heavy atom. The Morgan fingerprint density at radius 3 is 2.85 bits per heavy atom. The third kappa shape index (κ3) is 4.04. The van der Waals surface area contributed by atoms with E-state index in [1.807, 2.05) is 24.3 Å². The largest absolute Gasteiger partial charge is 0.338 e. The standard InChI is InChI=1S/C21H19FN4O/c22-18-8-6-15(7-9-18)12-20-24-21(27-25-20)19-5-2-10-26(19)14-17-4-1-3-16(11-17)13-23/h1,3-4,6-9,11,19H,2,5,10,12,14H2/t19-/m1/s1. The van der Waals surface area contributed by atoms with Crippen molar-refractivity contribution < 1.29 is 8.91 Å². The van der Waals surface area contributed by atoms with Crippen molar-refractivity contribution in [3.05, 3.63) is 82.8 Å².